The van der Waals surface area contributed by atoms with Gasteiger partial charge in [0.05, 0.1) is 0 Å². The van der Waals surface area contributed by atoms with Gasteiger partial charge in [0.1, 0.15) is 0 Å². The zero-order valence-corrected chi connectivity index (χ0v) is 10.7. The Morgan fingerprint density at radius 1 is 1.00 bits per heavy atom. The third kappa shape index (κ3) is 1.91. The van der Waals surface area contributed by atoms with Gasteiger partial charge in [0, 0.05) is 0 Å². The summed E-state index contributed by atoms with van der Waals surface area (Å²) in [6, 6.07) is 8.54. The van der Waals surface area contributed by atoms with Crippen LogP contribution in [0.4, 0.5) is 0 Å². The molecule has 86 valence electrons. The summed E-state index contributed by atoms with van der Waals surface area (Å²) in [6.45, 7) is 10.6. The van der Waals surface area contributed by atoms with Crippen molar-refractivity contribution in [2.45, 2.75) is 20.8 Å². The van der Waals surface area contributed by atoms with E-state index in [0.717, 1.165) is 5.22 Å². The van der Waals surface area contributed by atoms with Gasteiger partial charge in [0.2, 0.25) is 0 Å². The molecule has 0 atom stereocenters. The Morgan fingerprint density at radius 3 is 2.18 bits per heavy atom. The third-order valence-corrected chi connectivity index (χ3v) is 3.37. The number of aryl methyl sites for hydroxylation is 2. The predicted octanol–water partition coefficient (Wildman–Crippen LogP) is 3.22. The Balaban J connectivity index is 3.02. The molecule has 0 aromatic heterocycles. The quantitative estimate of drug-likeness (QED) is 0.695. The van der Waals surface area contributed by atoms with E-state index in [2.05, 4.69) is 56.8 Å². The summed E-state index contributed by atoms with van der Waals surface area (Å²) in [7, 11) is 0. The average molecular weight is 222 g/mol. The van der Waals surface area contributed by atoms with Gasteiger partial charge in [-0.2, -0.15) is 0 Å². The first-order valence-electron chi connectivity index (χ1n) is 5.96. The lowest BCUT2D eigenvalue weighted by atomic mass is 9.97. The van der Waals surface area contributed by atoms with Crippen LogP contribution in [0.1, 0.15) is 18.1 Å². The number of allylic oxidation sites excluding steroid dienone is 2. The summed E-state index contributed by atoms with van der Waals surface area (Å²) < 4.78 is 0. The number of benzene rings is 2. The molecule has 2 rings (SSSR count). The molecule has 0 heteroatoms. The van der Waals surface area contributed by atoms with Crippen molar-refractivity contribution in [3.8, 4) is 0 Å². The lowest BCUT2D eigenvalue weighted by Gasteiger charge is -2.08. The second-order valence-electron chi connectivity index (χ2n) is 4.38. The molecular weight excluding hydrogens is 204 g/mol. The van der Waals surface area contributed by atoms with E-state index in [0.29, 0.717) is 0 Å². The van der Waals surface area contributed by atoms with Crippen LogP contribution in [0.15, 0.2) is 36.4 Å². The van der Waals surface area contributed by atoms with Crippen molar-refractivity contribution in [1.29, 1.82) is 0 Å². The fraction of sp³-hybridized carbons (Fsp3) is 0.176. The van der Waals surface area contributed by atoms with E-state index in [1.807, 2.05) is 13.0 Å². The molecule has 0 amide bonds. The zero-order chi connectivity index (χ0) is 12.4. The van der Waals surface area contributed by atoms with Crippen molar-refractivity contribution in [2.75, 3.05) is 0 Å². The van der Waals surface area contributed by atoms with Crippen LogP contribution < -0.4 is 10.4 Å². The molecule has 0 fully saturated rings. The van der Waals surface area contributed by atoms with E-state index in [1.165, 1.54) is 27.1 Å². The van der Waals surface area contributed by atoms with E-state index < -0.39 is 0 Å². The van der Waals surface area contributed by atoms with Gasteiger partial charge in [0.25, 0.3) is 0 Å². The summed E-state index contributed by atoms with van der Waals surface area (Å²) in [5, 5.41) is 5.03. The maximum atomic E-state index is 4.22. The van der Waals surface area contributed by atoms with Crippen LogP contribution >= 0.6 is 0 Å². The molecule has 0 N–H and O–H groups in total. The first-order chi connectivity index (χ1) is 8.16. The number of hydrogen-bond acceptors (Lipinski definition) is 0. The Morgan fingerprint density at radius 2 is 1.59 bits per heavy atom. The molecule has 2 aromatic carbocycles. The average Bonchev–Trinajstić information content (AvgIpc) is 2.36. The predicted molar refractivity (Wildman–Crippen MR) is 77.5 cm³/mol. The molecular formula is C17H18. The summed E-state index contributed by atoms with van der Waals surface area (Å²) in [6.07, 6.45) is 6.27. The largest absolute Gasteiger partial charge is 0.0909 e. The molecule has 0 heterocycles. The van der Waals surface area contributed by atoms with Crippen LogP contribution in [-0.4, -0.2) is 0 Å². The SMILES string of the molecule is C=c1c(C)c2ccccc2c(C)/c1=C/C=C\C. The van der Waals surface area contributed by atoms with Crippen molar-refractivity contribution in [3.63, 3.8) is 0 Å². The van der Waals surface area contributed by atoms with Crippen molar-refractivity contribution in [2.24, 2.45) is 0 Å². The van der Waals surface area contributed by atoms with Gasteiger partial charge in [0.15, 0.2) is 0 Å². The molecule has 0 spiro atoms. The number of hydrogen-bond donors (Lipinski definition) is 0. The topological polar surface area (TPSA) is 0 Å². The second-order valence-corrected chi connectivity index (χ2v) is 4.38. The Hall–Kier alpha value is -1.82. The lowest BCUT2D eigenvalue weighted by molar-refractivity contribution is 1.36. The van der Waals surface area contributed by atoms with Crippen LogP contribution in [0.5, 0.6) is 0 Å². The number of rotatable bonds is 1. The molecule has 0 radical (unpaired) electrons. The Bertz CT molecular complexity index is 688. The molecule has 0 saturated carbocycles. The monoisotopic (exact) mass is 222 g/mol. The molecule has 17 heavy (non-hydrogen) atoms. The highest BCUT2D eigenvalue weighted by molar-refractivity contribution is 5.89. The summed E-state index contributed by atoms with van der Waals surface area (Å²) in [5.74, 6) is 0. The minimum Gasteiger partial charge on any atom is -0.0909 e. The summed E-state index contributed by atoms with van der Waals surface area (Å²) >= 11 is 0. The van der Waals surface area contributed by atoms with Gasteiger partial charge < -0.3 is 0 Å². The summed E-state index contributed by atoms with van der Waals surface area (Å²) in [5.41, 5.74) is 2.59. The normalized spacial score (nSPS) is 12.8. The molecule has 0 unspecified atom stereocenters. The van der Waals surface area contributed by atoms with Gasteiger partial charge >= 0.3 is 0 Å². The molecule has 0 aliphatic heterocycles. The van der Waals surface area contributed by atoms with E-state index >= 15 is 0 Å². The standard InChI is InChI=1S/C17H18/c1-5-6-9-15-12(2)13(3)16-10-7-8-11-17(16)14(15)4/h5-11H,2H2,1,3-4H3/b6-5-,15-9+. The van der Waals surface area contributed by atoms with Gasteiger partial charge in [-0.1, -0.05) is 49.1 Å². The molecule has 0 bridgehead atoms. The highest BCUT2D eigenvalue weighted by atomic mass is 14.1. The fourth-order valence-electron chi connectivity index (χ4n) is 2.29. The molecule has 2 aromatic rings. The van der Waals surface area contributed by atoms with E-state index in [-0.39, 0.29) is 0 Å². The third-order valence-electron chi connectivity index (χ3n) is 3.37. The highest BCUT2D eigenvalue weighted by Crippen LogP contribution is 2.16. The van der Waals surface area contributed by atoms with E-state index in [1.54, 1.807) is 0 Å². The van der Waals surface area contributed by atoms with Crippen LogP contribution in [0, 0.1) is 13.8 Å². The first-order valence-corrected chi connectivity index (χ1v) is 5.96. The smallest absolute Gasteiger partial charge is 0.0146 e. The zero-order valence-electron chi connectivity index (χ0n) is 10.7. The molecule has 0 aliphatic carbocycles. The minimum absolute atomic E-state index is 1.14. The maximum Gasteiger partial charge on any atom is -0.0146 e. The fourth-order valence-corrected chi connectivity index (χ4v) is 2.29. The van der Waals surface area contributed by atoms with Crippen LogP contribution in [0.2, 0.25) is 0 Å². The van der Waals surface area contributed by atoms with Gasteiger partial charge in [-0.3, -0.25) is 0 Å². The Labute approximate surface area is 103 Å². The van der Waals surface area contributed by atoms with Gasteiger partial charge in [-0.25, -0.2) is 0 Å². The molecule has 0 nitrogen and oxygen atoms in total. The summed E-state index contributed by atoms with van der Waals surface area (Å²) in [4.78, 5) is 0. The maximum absolute atomic E-state index is 4.22. The number of fused-ring (bicyclic) bond motifs is 1. The molecule has 0 aliphatic rings. The van der Waals surface area contributed by atoms with Crippen molar-refractivity contribution >= 4 is 23.4 Å². The first kappa shape index (κ1) is 11.7. The van der Waals surface area contributed by atoms with Gasteiger partial charge in [-0.15, -0.1) is 0 Å². The van der Waals surface area contributed by atoms with Crippen LogP contribution in [0.25, 0.3) is 23.4 Å². The van der Waals surface area contributed by atoms with Crippen LogP contribution in [0.3, 0.4) is 0 Å². The highest BCUT2D eigenvalue weighted by Gasteiger charge is 2.03. The molecule has 0 saturated heterocycles. The van der Waals surface area contributed by atoms with Crippen molar-refractivity contribution in [3.05, 3.63) is 58.0 Å². The van der Waals surface area contributed by atoms with Gasteiger partial charge in [-0.05, 0) is 53.1 Å². The minimum atomic E-state index is 1.14. The second kappa shape index (κ2) is 4.58. The van der Waals surface area contributed by atoms with Crippen molar-refractivity contribution in [1.82, 2.24) is 0 Å². The Kier molecular flexibility index (Phi) is 3.14. The van der Waals surface area contributed by atoms with E-state index in [4.69, 9.17) is 0 Å². The lowest BCUT2D eigenvalue weighted by Crippen LogP contribution is -2.29. The van der Waals surface area contributed by atoms with Crippen molar-refractivity contribution < 1.29 is 0 Å². The van der Waals surface area contributed by atoms with E-state index in [9.17, 15) is 0 Å². The van der Waals surface area contributed by atoms with Crippen LogP contribution in [-0.2, 0) is 0 Å².